The fraction of sp³-hybridized carbons (Fsp3) is 0.417. The molecule has 0 radical (unpaired) electrons. The molecule has 0 amide bonds. The van der Waals surface area contributed by atoms with Crippen molar-refractivity contribution in [2.24, 2.45) is 5.73 Å². The Morgan fingerprint density at radius 2 is 2.19 bits per heavy atom. The van der Waals surface area contributed by atoms with E-state index in [1.807, 2.05) is 18.2 Å². The lowest BCUT2D eigenvalue weighted by molar-refractivity contribution is 0.778. The van der Waals surface area contributed by atoms with Gasteiger partial charge in [-0.1, -0.05) is 31.4 Å². The number of nitrogens with one attached hydrogen (secondary N) is 1. The van der Waals surface area contributed by atoms with Crippen molar-refractivity contribution in [3.8, 4) is 0 Å². The molecule has 0 bridgehead atoms. The maximum atomic E-state index is 7.33. The second-order valence-electron chi connectivity index (χ2n) is 3.61. The molecule has 16 heavy (non-hydrogen) atoms. The Bertz CT molecular complexity index is 366. The van der Waals surface area contributed by atoms with Gasteiger partial charge in [0.2, 0.25) is 0 Å². The summed E-state index contributed by atoms with van der Waals surface area (Å²) in [5.74, 6) is 1.14. The van der Waals surface area contributed by atoms with Crippen LogP contribution >= 0.6 is 23.4 Å². The molecule has 0 unspecified atom stereocenters. The molecule has 1 aromatic rings. The summed E-state index contributed by atoms with van der Waals surface area (Å²) in [6, 6.07) is 5.67. The van der Waals surface area contributed by atoms with Crippen molar-refractivity contribution < 1.29 is 0 Å². The predicted octanol–water partition coefficient (Wildman–Crippen LogP) is 3.91. The van der Waals surface area contributed by atoms with E-state index in [0.717, 1.165) is 10.6 Å². The van der Waals surface area contributed by atoms with Gasteiger partial charge >= 0.3 is 0 Å². The van der Waals surface area contributed by atoms with Gasteiger partial charge < -0.3 is 5.73 Å². The minimum Gasteiger partial charge on any atom is -0.384 e. The van der Waals surface area contributed by atoms with Crippen molar-refractivity contribution in [1.82, 2.24) is 0 Å². The van der Waals surface area contributed by atoms with E-state index < -0.39 is 0 Å². The molecule has 0 saturated heterocycles. The van der Waals surface area contributed by atoms with Gasteiger partial charge in [-0.15, -0.1) is 11.8 Å². The zero-order valence-corrected chi connectivity index (χ0v) is 11.0. The summed E-state index contributed by atoms with van der Waals surface area (Å²) in [6.07, 6.45) is 3.74. The molecule has 0 heterocycles. The van der Waals surface area contributed by atoms with Gasteiger partial charge in [0, 0.05) is 10.5 Å². The molecule has 1 aromatic carbocycles. The van der Waals surface area contributed by atoms with Gasteiger partial charge in [0.1, 0.15) is 5.84 Å². The highest BCUT2D eigenvalue weighted by molar-refractivity contribution is 7.99. The van der Waals surface area contributed by atoms with Crippen molar-refractivity contribution >= 4 is 29.2 Å². The molecule has 0 spiro atoms. The third kappa shape index (κ3) is 4.06. The van der Waals surface area contributed by atoms with Crippen molar-refractivity contribution in [1.29, 1.82) is 5.41 Å². The first-order valence-corrected chi connectivity index (χ1v) is 6.78. The topological polar surface area (TPSA) is 49.9 Å². The molecule has 3 N–H and O–H groups in total. The molecule has 0 atom stereocenters. The minimum atomic E-state index is 0.0209. The van der Waals surface area contributed by atoms with E-state index in [-0.39, 0.29) is 5.84 Å². The highest BCUT2D eigenvalue weighted by atomic mass is 35.5. The molecular weight excluding hydrogens is 240 g/mol. The lowest BCUT2D eigenvalue weighted by Crippen LogP contribution is -2.11. The Morgan fingerprint density at radius 3 is 2.75 bits per heavy atom. The number of hydrogen-bond donors (Lipinski definition) is 2. The second kappa shape index (κ2) is 6.81. The Hall–Kier alpha value is -0.670. The quantitative estimate of drug-likeness (QED) is 0.351. The summed E-state index contributed by atoms with van der Waals surface area (Å²) in [7, 11) is 0. The predicted molar refractivity (Wildman–Crippen MR) is 72.7 cm³/mol. The van der Waals surface area contributed by atoms with E-state index >= 15 is 0 Å². The van der Waals surface area contributed by atoms with Crippen LogP contribution in [0.5, 0.6) is 0 Å². The van der Waals surface area contributed by atoms with Gasteiger partial charge in [0.25, 0.3) is 0 Å². The van der Waals surface area contributed by atoms with Gasteiger partial charge in [-0.2, -0.15) is 0 Å². The van der Waals surface area contributed by atoms with Crippen LogP contribution in [0.15, 0.2) is 23.1 Å². The van der Waals surface area contributed by atoms with Crippen molar-refractivity contribution in [3.05, 3.63) is 28.8 Å². The Labute approximate surface area is 106 Å². The summed E-state index contributed by atoms with van der Waals surface area (Å²) in [6.45, 7) is 2.20. The lowest BCUT2D eigenvalue weighted by Gasteiger charge is -2.05. The summed E-state index contributed by atoms with van der Waals surface area (Å²) in [4.78, 5) is 1.14. The van der Waals surface area contributed by atoms with Crippen LogP contribution in [-0.2, 0) is 0 Å². The largest absolute Gasteiger partial charge is 0.384 e. The fourth-order valence-corrected chi connectivity index (χ4v) is 2.64. The minimum absolute atomic E-state index is 0.0209. The van der Waals surface area contributed by atoms with E-state index in [2.05, 4.69) is 6.92 Å². The van der Waals surface area contributed by atoms with Crippen LogP contribution in [0.2, 0.25) is 5.02 Å². The number of halogens is 1. The van der Waals surface area contributed by atoms with Crippen LogP contribution in [-0.4, -0.2) is 11.6 Å². The number of hydrogen-bond acceptors (Lipinski definition) is 2. The second-order valence-corrected chi connectivity index (χ2v) is 5.19. The van der Waals surface area contributed by atoms with Crippen molar-refractivity contribution in [2.45, 2.75) is 31.1 Å². The number of rotatable bonds is 6. The fourth-order valence-electron chi connectivity index (χ4n) is 1.35. The Morgan fingerprint density at radius 1 is 1.44 bits per heavy atom. The van der Waals surface area contributed by atoms with Gasteiger partial charge in [-0.05, 0) is 30.4 Å². The summed E-state index contributed by atoms with van der Waals surface area (Å²) < 4.78 is 0. The number of thioether (sulfide) groups is 1. The van der Waals surface area contributed by atoms with E-state index in [0.29, 0.717) is 10.6 Å². The zero-order chi connectivity index (χ0) is 12.0. The van der Waals surface area contributed by atoms with Crippen LogP contribution < -0.4 is 5.73 Å². The van der Waals surface area contributed by atoms with Crippen LogP contribution in [0, 0.1) is 5.41 Å². The average molecular weight is 257 g/mol. The smallest absolute Gasteiger partial charge is 0.124 e. The lowest BCUT2D eigenvalue weighted by atomic mass is 10.2. The summed E-state index contributed by atoms with van der Waals surface area (Å²) in [5.41, 5.74) is 6.01. The molecule has 0 fully saturated rings. The Kier molecular flexibility index (Phi) is 5.71. The molecule has 0 aliphatic heterocycles. The highest BCUT2D eigenvalue weighted by Gasteiger charge is 2.04. The third-order valence-electron chi connectivity index (χ3n) is 2.25. The van der Waals surface area contributed by atoms with E-state index in [1.54, 1.807) is 11.8 Å². The maximum Gasteiger partial charge on any atom is 0.124 e. The number of unbranched alkanes of at least 4 members (excludes halogenated alkanes) is 2. The van der Waals surface area contributed by atoms with Crippen LogP contribution in [0.3, 0.4) is 0 Å². The van der Waals surface area contributed by atoms with Crippen LogP contribution in [0.25, 0.3) is 0 Å². The first kappa shape index (κ1) is 13.4. The van der Waals surface area contributed by atoms with Gasteiger partial charge in [-0.25, -0.2) is 0 Å². The van der Waals surface area contributed by atoms with Crippen LogP contribution in [0.4, 0.5) is 0 Å². The normalized spacial score (nSPS) is 10.4. The zero-order valence-electron chi connectivity index (χ0n) is 9.42. The molecule has 1 rings (SSSR count). The van der Waals surface area contributed by atoms with Gasteiger partial charge in [0.15, 0.2) is 0 Å². The number of nitrogen functional groups attached to an aromatic ring is 1. The van der Waals surface area contributed by atoms with Crippen molar-refractivity contribution in [3.63, 3.8) is 0 Å². The number of amidine groups is 1. The molecule has 4 heteroatoms. The maximum absolute atomic E-state index is 7.33. The van der Waals surface area contributed by atoms with E-state index in [1.165, 1.54) is 19.3 Å². The first-order chi connectivity index (χ1) is 7.65. The van der Waals surface area contributed by atoms with Crippen LogP contribution in [0.1, 0.15) is 31.7 Å². The summed E-state index contributed by atoms with van der Waals surface area (Å²) >= 11 is 7.83. The molecular formula is C12H17ClN2S. The van der Waals surface area contributed by atoms with E-state index in [4.69, 9.17) is 22.7 Å². The number of benzene rings is 1. The molecule has 0 aromatic heterocycles. The monoisotopic (exact) mass is 256 g/mol. The molecule has 0 aliphatic rings. The van der Waals surface area contributed by atoms with Gasteiger partial charge in [0.05, 0.1) is 5.02 Å². The molecule has 0 aliphatic carbocycles. The SMILES string of the molecule is CCCCCSc1ccc(C(=N)N)c(Cl)c1. The van der Waals surface area contributed by atoms with E-state index in [9.17, 15) is 0 Å². The third-order valence-corrected chi connectivity index (χ3v) is 3.64. The number of nitrogens with two attached hydrogens (primary N) is 1. The standard InChI is InChI=1S/C12H17ClN2S/c1-2-3-4-7-16-9-5-6-10(12(14)15)11(13)8-9/h5-6,8H,2-4,7H2,1H3,(H3,14,15). The molecule has 88 valence electrons. The average Bonchev–Trinajstić information content (AvgIpc) is 2.24. The first-order valence-electron chi connectivity index (χ1n) is 5.42. The van der Waals surface area contributed by atoms with Gasteiger partial charge in [-0.3, -0.25) is 5.41 Å². The highest BCUT2D eigenvalue weighted by Crippen LogP contribution is 2.25. The Balaban J connectivity index is 2.56. The summed E-state index contributed by atoms with van der Waals surface area (Å²) in [5, 5.41) is 7.89. The molecule has 0 saturated carbocycles. The molecule has 2 nitrogen and oxygen atoms in total. The van der Waals surface area contributed by atoms with Crippen molar-refractivity contribution in [2.75, 3.05) is 5.75 Å².